The van der Waals surface area contributed by atoms with Crippen molar-refractivity contribution >= 4 is 28.7 Å². The van der Waals surface area contributed by atoms with Crippen LogP contribution in [0.1, 0.15) is 50.1 Å². The van der Waals surface area contributed by atoms with Crippen molar-refractivity contribution in [3.8, 4) is 11.4 Å². The number of aromatic nitrogens is 7. The summed E-state index contributed by atoms with van der Waals surface area (Å²) in [4.78, 5) is 72.2. The summed E-state index contributed by atoms with van der Waals surface area (Å²) >= 11 is 0. The topological polar surface area (TPSA) is 215 Å². The van der Waals surface area contributed by atoms with Crippen LogP contribution in [0.2, 0.25) is 0 Å². The van der Waals surface area contributed by atoms with E-state index >= 15 is 0 Å². The van der Waals surface area contributed by atoms with Gasteiger partial charge in [0.2, 0.25) is 0 Å². The lowest BCUT2D eigenvalue weighted by Gasteiger charge is -2.15. The minimum absolute atomic E-state index is 0.0372. The highest BCUT2D eigenvalue weighted by Gasteiger charge is 2.27. The first kappa shape index (κ1) is 25.9. The molecule has 0 fully saturated rings. The lowest BCUT2D eigenvalue weighted by molar-refractivity contribution is 0.0929. The molecule has 1 aliphatic rings. The van der Waals surface area contributed by atoms with Gasteiger partial charge in [-0.05, 0) is 47.7 Å². The smallest absolute Gasteiger partial charge is 0.408 e. The van der Waals surface area contributed by atoms with Crippen LogP contribution in [-0.2, 0) is 20.0 Å². The van der Waals surface area contributed by atoms with Crippen molar-refractivity contribution in [1.82, 2.24) is 44.9 Å². The fourth-order valence-electron chi connectivity index (χ4n) is 5.23. The number of amides is 2. The molecule has 4 heterocycles. The highest BCUT2D eigenvalue weighted by Crippen LogP contribution is 2.33. The number of H-pyrrole nitrogens is 2. The number of fused-ring (bicyclic) bond motifs is 3. The summed E-state index contributed by atoms with van der Waals surface area (Å²) in [6.07, 6.45) is 1.27. The van der Waals surface area contributed by atoms with Crippen LogP contribution >= 0.6 is 0 Å². The number of nitrogens with zero attached hydrogens (tertiary/aromatic N) is 5. The minimum Gasteiger partial charge on any atom is -0.408 e. The van der Waals surface area contributed by atoms with Crippen LogP contribution < -0.4 is 27.8 Å². The van der Waals surface area contributed by atoms with Gasteiger partial charge in [-0.2, -0.15) is 4.98 Å². The van der Waals surface area contributed by atoms with Gasteiger partial charge in [-0.1, -0.05) is 23.4 Å². The lowest BCUT2D eigenvalue weighted by atomic mass is 10.0. The second-order valence-electron chi connectivity index (χ2n) is 10.0. The molecule has 216 valence electrons. The molecule has 0 spiro atoms. The van der Waals surface area contributed by atoms with E-state index in [2.05, 4.69) is 40.4 Å². The van der Waals surface area contributed by atoms with Crippen LogP contribution in [0.4, 0.5) is 0 Å². The fraction of sp³-hybridized carbons (Fsp3) is 0.185. The number of carbonyl (C=O) groups is 2. The van der Waals surface area contributed by atoms with Crippen LogP contribution in [0.3, 0.4) is 0 Å². The minimum atomic E-state index is -0.734. The molecule has 16 heteroatoms. The number of aromatic amines is 2. The average molecular weight is 584 g/mol. The first-order valence-electron chi connectivity index (χ1n) is 13.1. The van der Waals surface area contributed by atoms with E-state index in [1.807, 2.05) is 12.1 Å². The molecule has 0 aliphatic heterocycles. The van der Waals surface area contributed by atoms with Crippen LogP contribution in [0.5, 0.6) is 0 Å². The van der Waals surface area contributed by atoms with E-state index in [1.165, 1.54) is 10.6 Å². The van der Waals surface area contributed by atoms with Gasteiger partial charge in [0.05, 0.1) is 11.6 Å². The molecule has 0 saturated carbocycles. The summed E-state index contributed by atoms with van der Waals surface area (Å²) < 4.78 is 12.2. The Kier molecular flexibility index (Phi) is 5.89. The molecule has 43 heavy (non-hydrogen) atoms. The molecule has 1 aliphatic carbocycles. The van der Waals surface area contributed by atoms with Gasteiger partial charge in [-0.15, -0.1) is 0 Å². The summed E-state index contributed by atoms with van der Waals surface area (Å²) in [5, 5.41) is 11.9. The van der Waals surface area contributed by atoms with E-state index in [0.29, 0.717) is 40.9 Å². The number of aryl methyl sites for hydroxylation is 2. The number of nitrogens with one attached hydrogen (secondary N) is 4. The van der Waals surface area contributed by atoms with E-state index in [1.54, 1.807) is 31.3 Å². The van der Waals surface area contributed by atoms with Gasteiger partial charge in [0, 0.05) is 25.2 Å². The number of benzene rings is 2. The largest absolute Gasteiger partial charge is 0.439 e. The molecule has 0 saturated heterocycles. The van der Waals surface area contributed by atoms with Crippen molar-refractivity contribution in [2.75, 3.05) is 0 Å². The van der Waals surface area contributed by atoms with Gasteiger partial charge in [0.1, 0.15) is 11.4 Å². The van der Waals surface area contributed by atoms with Crippen LogP contribution in [-0.4, -0.2) is 46.1 Å². The third-order valence-corrected chi connectivity index (χ3v) is 7.36. The van der Waals surface area contributed by atoms with Crippen molar-refractivity contribution in [1.29, 1.82) is 0 Å². The van der Waals surface area contributed by atoms with Gasteiger partial charge in [0.25, 0.3) is 17.6 Å². The molecule has 0 unspecified atom stereocenters. The molecule has 0 radical (unpaired) electrons. The molecule has 4 N–H and O–H groups in total. The maximum atomic E-state index is 13.5. The molecule has 6 aromatic rings. The third kappa shape index (κ3) is 4.59. The second-order valence-corrected chi connectivity index (χ2v) is 10.0. The van der Waals surface area contributed by atoms with Crippen molar-refractivity contribution in [3.63, 3.8) is 0 Å². The molecule has 1 atom stereocenters. The number of carbonyl (C=O) groups excluding carboxylic acids is 2. The molecule has 2 aromatic carbocycles. The van der Waals surface area contributed by atoms with Gasteiger partial charge in [0.15, 0.2) is 11.4 Å². The second kappa shape index (κ2) is 9.79. The number of hydrogen-bond acceptors (Lipinski definition) is 10. The Labute approximate surface area is 238 Å². The summed E-state index contributed by atoms with van der Waals surface area (Å²) in [6.45, 7) is 0.0962. The highest BCUT2D eigenvalue weighted by molar-refractivity contribution is 5.98. The van der Waals surface area contributed by atoms with Crippen molar-refractivity contribution in [2.45, 2.75) is 25.4 Å². The number of hydrogen-bond donors (Lipinski definition) is 4. The fourth-order valence-corrected chi connectivity index (χ4v) is 5.23. The molecule has 0 bridgehead atoms. The summed E-state index contributed by atoms with van der Waals surface area (Å²) in [5.41, 5.74) is 3.33. The normalized spacial score (nSPS) is 14.3. The Balaban J connectivity index is 1.12. The Morgan fingerprint density at radius 3 is 2.74 bits per heavy atom. The van der Waals surface area contributed by atoms with E-state index in [4.69, 9.17) is 4.42 Å². The van der Waals surface area contributed by atoms with Gasteiger partial charge >= 0.3 is 17.2 Å². The van der Waals surface area contributed by atoms with Gasteiger partial charge < -0.3 is 15.1 Å². The van der Waals surface area contributed by atoms with Crippen molar-refractivity contribution < 1.29 is 18.5 Å². The quantitative estimate of drug-likeness (QED) is 0.214. The Morgan fingerprint density at radius 2 is 1.93 bits per heavy atom. The Hall–Kier alpha value is -6.06. The molecule has 4 aromatic heterocycles. The SMILES string of the molecule is Cn1c(=O)oc2ccc(CNC(=O)c3cc(C(=O)N[C@H]4CCc5cc(-c6noc(=O)[nH]6)ccc54)n4[nH]c(=O)nc4n3)cc21. The zero-order valence-corrected chi connectivity index (χ0v) is 22.3. The molecule has 7 rings (SSSR count). The monoisotopic (exact) mass is 583 g/mol. The lowest BCUT2D eigenvalue weighted by Crippen LogP contribution is -2.31. The standard InChI is InChI=1S/C27H21N9O7/c1-35-18-8-12(2-7-20(18)42-27(35)41)11-28-22(37)17-10-19(36-24(30-17)32-25(39)33-36)23(38)29-16-6-4-13-9-14(3-5-15(13)16)21-31-26(40)43-34-21/h2-3,5,7-10,16H,4,6,11H2,1H3,(H,28,37)(H,29,38)(H,33,39)(H,31,34,40)/t16-/m0/s1. The van der Waals surface area contributed by atoms with Gasteiger partial charge in [-0.25, -0.2) is 29.0 Å². The maximum absolute atomic E-state index is 13.5. The van der Waals surface area contributed by atoms with Gasteiger partial charge in [-0.3, -0.25) is 23.7 Å². The van der Waals surface area contributed by atoms with Crippen molar-refractivity contribution in [3.05, 3.63) is 102 Å². The summed E-state index contributed by atoms with van der Waals surface area (Å²) in [6, 6.07) is 11.5. The van der Waals surface area contributed by atoms with E-state index in [0.717, 1.165) is 15.6 Å². The molecule has 2 amide bonds. The van der Waals surface area contributed by atoms with Crippen molar-refractivity contribution in [2.24, 2.45) is 7.05 Å². The molecule has 16 nitrogen and oxygen atoms in total. The average Bonchev–Trinajstić information content (AvgIpc) is 3.77. The van der Waals surface area contributed by atoms with E-state index in [-0.39, 0.29) is 29.8 Å². The van der Waals surface area contributed by atoms with Crippen LogP contribution in [0.15, 0.2) is 65.8 Å². The van der Waals surface area contributed by atoms with Crippen LogP contribution in [0, 0.1) is 0 Å². The predicted octanol–water partition coefficient (Wildman–Crippen LogP) is 0.553. The number of rotatable bonds is 6. The van der Waals surface area contributed by atoms with E-state index < -0.39 is 29.0 Å². The molecular formula is C27H21N9O7. The maximum Gasteiger partial charge on any atom is 0.439 e. The Bertz CT molecular complexity index is 2270. The highest BCUT2D eigenvalue weighted by atomic mass is 16.5. The summed E-state index contributed by atoms with van der Waals surface area (Å²) in [5.74, 6) is -2.14. The zero-order valence-electron chi connectivity index (χ0n) is 22.3. The Morgan fingerprint density at radius 1 is 1.07 bits per heavy atom. The number of oxazole rings is 1. The summed E-state index contributed by atoms with van der Waals surface area (Å²) in [7, 11) is 1.58. The first-order valence-corrected chi connectivity index (χ1v) is 13.1. The zero-order chi connectivity index (χ0) is 29.8. The van der Waals surface area contributed by atoms with Crippen LogP contribution in [0.25, 0.3) is 28.3 Å². The molecular weight excluding hydrogens is 562 g/mol. The predicted molar refractivity (Wildman–Crippen MR) is 147 cm³/mol. The van der Waals surface area contributed by atoms with E-state index in [9.17, 15) is 24.0 Å². The third-order valence-electron chi connectivity index (χ3n) is 7.36. The first-order chi connectivity index (χ1) is 20.7.